The number of hydrogen-bond donors (Lipinski definition) is 0. The fourth-order valence-corrected chi connectivity index (χ4v) is 0. The Hall–Kier alpha value is 0.956. The summed E-state index contributed by atoms with van der Waals surface area (Å²) < 4.78 is 0. The number of carbonyl (C=O) groups is 1. The molecule has 1 nitrogen and oxygen atoms in total. The van der Waals surface area contributed by atoms with E-state index >= 15 is 0 Å². The van der Waals surface area contributed by atoms with E-state index in [-0.39, 0.29) is 23.1 Å². The van der Waals surface area contributed by atoms with Crippen molar-refractivity contribution in [3.05, 3.63) is 0 Å². The Balaban J connectivity index is 0. The van der Waals surface area contributed by atoms with Gasteiger partial charge in [-0.25, -0.2) is 0 Å². The first-order valence-electron chi connectivity index (χ1n) is 0.454. The van der Waals surface area contributed by atoms with Gasteiger partial charge in [0, 0.05) is 0 Å². The van der Waals surface area contributed by atoms with Gasteiger partial charge in [-0.3, -0.25) is 0 Å². The van der Waals surface area contributed by atoms with E-state index in [0.29, 0.717) is 5.18 Å². The number of hydrogen-bond acceptors (Lipinski definition) is 1. The van der Waals surface area contributed by atoms with Gasteiger partial charge in [0.05, 0.1) is 0 Å². The van der Waals surface area contributed by atoms with E-state index in [0.717, 1.165) is 0 Å². The molecular formula is CH3MgMnO. The number of carbonyl (C=O) groups excluding carboxylic acids is 1. The van der Waals surface area contributed by atoms with Gasteiger partial charge in [-0.05, 0) is 0 Å². The summed E-state index contributed by atoms with van der Waals surface area (Å²) in [5, 5.41) is 0.562. The van der Waals surface area contributed by atoms with E-state index in [4.69, 9.17) is 4.79 Å². The van der Waals surface area contributed by atoms with Crippen molar-refractivity contribution in [2.75, 3.05) is 0 Å². The van der Waals surface area contributed by atoms with Crippen molar-refractivity contribution in [2.45, 2.75) is 0 Å². The average Bonchev–Trinajstić information content (AvgIpc) is 0.918. The van der Waals surface area contributed by atoms with E-state index in [2.05, 4.69) is 16.0 Å². The molecule has 0 radical (unpaired) electrons. The molecule has 0 aromatic heterocycles. The SMILES string of the molecule is O=[CH][Mn].[MgH2]. The van der Waals surface area contributed by atoms with Crippen LogP contribution in [0.25, 0.3) is 0 Å². The summed E-state index contributed by atoms with van der Waals surface area (Å²) in [5.74, 6) is 0. The molecule has 0 aliphatic heterocycles. The molecule has 0 N–H and O–H groups in total. The minimum absolute atomic E-state index is 0. The van der Waals surface area contributed by atoms with Crippen molar-refractivity contribution in [1.29, 1.82) is 0 Å². The van der Waals surface area contributed by atoms with Gasteiger partial charge in [0.15, 0.2) is 0 Å². The molecule has 0 rings (SSSR count). The molecule has 0 aliphatic rings. The Kier molecular flexibility index (Phi) is 20.0. The molecule has 0 amide bonds. The van der Waals surface area contributed by atoms with Gasteiger partial charge in [0.1, 0.15) is 0 Å². The Morgan fingerprint density at radius 2 is 1.75 bits per heavy atom. The van der Waals surface area contributed by atoms with Crippen molar-refractivity contribution in [2.24, 2.45) is 0 Å². The van der Waals surface area contributed by atoms with E-state index in [9.17, 15) is 0 Å². The molecule has 0 aliphatic carbocycles. The molecule has 0 saturated heterocycles. The first kappa shape index (κ1) is 8.88. The van der Waals surface area contributed by atoms with Crippen LogP contribution in [0, 0.1) is 0 Å². The summed E-state index contributed by atoms with van der Waals surface area (Å²) in [6, 6.07) is 0. The van der Waals surface area contributed by atoms with Gasteiger partial charge >= 0.3 is 49.0 Å². The van der Waals surface area contributed by atoms with Gasteiger partial charge < -0.3 is 0 Å². The van der Waals surface area contributed by atoms with Crippen molar-refractivity contribution in [3.63, 3.8) is 0 Å². The third kappa shape index (κ3) is 12.4. The summed E-state index contributed by atoms with van der Waals surface area (Å²) in [4.78, 5) is 8.72. The van der Waals surface area contributed by atoms with E-state index in [1.54, 1.807) is 0 Å². The minimum atomic E-state index is 0. The topological polar surface area (TPSA) is 17.1 Å². The van der Waals surface area contributed by atoms with Gasteiger partial charge in [-0.15, -0.1) is 0 Å². The standard InChI is InChI=1S/CHO.Mg.Mn.2H/c1-2;;;;/h1H;;;;. The molecule has 0 saturated carbocycles. The average molecular weight is 110 g/mol. The van der Waals surface area contributed by atoms with E-state index < -0.39 is 0 Å². The van der Waals surface area contributed by atoms with E-state index in [1.807, 2.05) is 0 Å². The Morgan fingerprint density at radius 3 is 1.75 bits per heavy atom. The van der Waals surface area contributed by atoms with Crippen LogP contribution in [0.1, 0.15) is 0 Å². The maximum absolute atomic E-state index is 8.72. The van der Waals surface area contributed by atoms with Gasteiger partial charge in [-0.1, -0.05) is 0 Å². The summed E-state index contributed by atoms with van der Waals surface area (Å²) in [7, 11) is 0. The third-order valence-electron chi connectivity index (χ3n) is 0. The molecule has 0 spiro atoms. The van der Waals surface area contributed by atoms with Crippen molar-refractivity contribution < 1.29 is 20.8 Å². The number of rotatable bonds is 0. The molecule has 0 heterocycles. The zero-order valence-corrected chi connectivity index (χ0v) is 2.54. The summed E-state index contributed by atoms with van der Waals surface area (Å²) in [5.41, 5.74) is 0. The third-order valence-corrected chi connectivity index (χ3v) is 0. The zero-order chi connectivity index (χ0) is 2.71. The normalized spacial score (nSPS) is 3.25. The maximum Gasteiger partial charge on any atom is 0.316 e. The van der Waals surface area contributed by atoms with Crippen LogP contribution in [0.5, 0.6) is 0 Å². The molecule has 4 heavy (non-hydrogen) atoms. The smallest absolute Gasteiger partial charge is 0.316 e. The zero-order valence-electron chi connectivity index (χ0n) is 1.36. The Labute approximate surface area is 49.1 Å². The molecule has 0 fully saturated rings. The van der Waals surface area contributed by atoms with Gasteiger partial charge in [0.25, 0.3) is 0 Å². The molecule has 0 atom stereocenters. The second kappa shape index (κ2) is 9.04. The van der Waals surface area contributed by atoms with Crippen molar-refractivity contribution in [3.8, 4) is 0 Å². The maximum atomic E-state index is 8.72. The minimum Gasteiger partial charge on any atom is 0.316 e. The predicted octanol–water partition coefficient (Wildman–Crippen LogP) is -1.19. The Bertz CT molecular complexity index is 15.5. The molecule has 0 aromatic rings. The van der Waals surface area contributed by atoms with Crippen LogP contribution in [0.4, 0.5) is 0 Å². The summed E-state index contributed by atoms with van der Waals surface area (Å²) >= 11 is 2.47. The van der Waals surface area contributed by atoms with Crippen LogP contribution >= 0.6 is 0 Å². The molecule has 0 unspecified atom stereocenters. The molecule has 3 heteroatoms. The molecule has 22 valence electrons. The second-order valence-corrected chi connectivity index (χ2v) is 0.367. The molecule has 0 aromatic carbocycles. The summed E-state index contributed by atoms with van der Waals surface area (Å²) in [6.45, 7) is 0. The summed E-state index contributed by atoms with van der Waals surface area (Å²) in [6.07, 6.45) is 0. The largest absolute Gasteiger partial charge is 0.316 e. The molecular weight excluding hydrogens is 107 g/mol. The quantitative estimate of drug-likeness (QED) is 0.283. The van der Waals surface area contributed by atoms with Crippen molar-refractivity contribution in [1.82, 2.24) is 0 Å². The second-order valence-electron chi connectivity index (χ2n) is 0.0891. The van der Waals surface area contributed by atoms with Crippen LogP contribution in [0.2, 0.25) is 0 Å². The van der Waals surface area contributed by atoms with Gasteiger partial charge in [-0.2, -0.15) is 0 Å². The monoisotopic (exact) mass is 110 g/mol. The van der Waals surface area contributed by atoms with E-state index in [1.165, 1.54) is 0 Å². The van der Waals surface area contributed by atoms with Crippen LogP contribution in [0.15, 0.2) is 0 Å². The predicted molar refractivity (Wildman–Crippen MR) is 15.3 cm³/mol. The first-order valence-corrected chi connectivity index (χ1v) is 1.14. The van der Waals surface area contributed by atoms with Gasteiger partial charge in [0.2, 0.25) is 0 Å². The van der Waals surface area contributed by atoms with Crippen LogP contribution in [-0.2, 0) is 20.8 Å². The van der Waals surface area contributed by atoms with Crippen LogP contribution in [-0.4, -0.2) is 28.2 Å². The Morgan fingerprint density at radius 1 is 1.75 bits per heavy atom. The first-order chi connectivity index (χ1) is 1.41. The fourth-order valence-electron chi connectivity index (χ4n) is 0. The molecule has 0 bridgehead atoms. The van der Waals surface area contributed by atoms with Crippen molar-refractivity contribution >= 4 is 28.2 Å². The van der Waals surface area contributed by atoms with Crippen LogP contribution < -0.4 is 0 Å². The van der Waals surface area contributed by atoms with Crippen LogP contribution in [0.3, 0.4) is 0 Å². The fraction of sp³-hybridized carbons (Fsp3) is 0.